The van der Waals surface area contributed by atoms with Crippen molar-refractivity contribution in [3.05, 3.63) is 36.2 Å². The van der Waals surface area contributed by atoms with E-state index in [9.17, 15) is 10.2 Å². The fourth-order valence-electron chi connectivity index (χ4n) is 1.23. The second kappa shape index (κ2) is 3.70. The van der Waals surface area contributed by atoms with Crippen LogP contribution in [-0.2, 0) is 0 Å². The average molecular weight is 205 g/mol. The van der Waals surface area contributed by atoms with Crippen molar-refractivity contribution in [3.8, 4) is 11.4 Å². The number of aliphatic hydroxyl groups excluding tert-OH is 1. The highest BCUT2D eigenvalue weighted by molar-refractivity contribution is 5.37. The molecule has 0 aliphatic heterocycles. The van der Waals surface area contributed by atoms with Crippen LogP contribution >= 0.6 is 0 Å². The number of phenolic OH excluding ortho intramolecular Hbond substituents is 1. The van der Waals surface area contributed by atoms with Crippen LogP contribution in [-0.4, -0.2) is 25.2 Å². The molecule has 1 heterocycles. The highest BCUT2D eigenvalue weighted by atomic mass is 16.3. The van der Waals surface area contributed by atoms with E-state index in [2.05, 4.69) is 10.3 Å². The van der Waals surface area contributed by atoms with Crippen LogP contribution in [0.1, 0.15) is 18.7 Å². The fourth-order valence-corrected chi connectivity index (χ4v) is 1.23. The van der Waals surface area contributed by atoms with Crippen LogP contribution in [0.4, 0.5) is 0 Å². The highest BCUT2D eigenvalue weighted by Gasteiger charge is 2.07. The van der Waals surface area contributed by atoms with Crippen molar-refractivity contribution in [2.75, 3.05) is 0 Å². The van der Waals surface area contributed by atoms with Crippen LogP contribution in [0, 0.1) is 0 Å². The van der Waals surface area contributed by atoms with Crippen LogP contribution in [0.15, 0.2) is 30.5 Å². The van der Waals surface area contributed by atoms with Gasteiger partial charge in [-0.3, -0.25) is 0 Å². The third kappa shape index (κ3) is 1.97. The van der Waals surface area contributed by atoms with Gasteiger partial charge in [0.2, 0.25) is 0 Å². The molecule has 78 valence electrons. The zero-order chi connectivity index (χ0) is 10.8. The molecule has 2 rings (SSSR count). The lowest BCUT2D eigenvalue weighted by molar-refractivity contribution is 0.194. The van der Waals surface area contributed by atoms with Gasteiger partial charge in [0.1, 0.15) is 11.4 Å². The second-order valence-electron chi connectivity index (χ2n) is 3.28. The van der Waals surface area contributed by atoms with E-state index < -0.39 is 6.10 Å². The zero-order valence-electron chi connectivity index (χ0n) is 8.20. The lowest BCUT2D eigenvalue weighted by Crippen LogP contribution is -1.93. The highest BCUT2D eigenvalue weighted by Crippen LogP contribution is 2.15. The number of hydrogen-bond donors (Lipinski definition) is 2. The number of rotatable bonds is 2. The zero-order valence-corrected chi connectivity index (χ0v) is 8.20. The Hall–Kier alpha value is -1.88. The van der Waals surface area contributed by atoms with Gasteiger partial charge in [0.05, 0.1) is 18.0 Å². The predicted molar refractivity (Wildman–Crippen MR) is 53.7 cm³/mol. The first-order valence-corrected chi connectivity index (χ1v) is 4.56. The minimum absolute atomic E-state index is 0.168. The molecule has 2 aromatic rings. The number of nitrogens with zero attached hydrogens (tertiary/aromatic N) is 3. The molecular weight excluding hydrogens is 194 g/mol. The topological polar surface area (TPSA) is 71.2 Å². The summed E-state index contributed by atoms with van der Waals surface area (Å²) < 4.78 is 1.50. The number of aromatic hydroxyl groups is 1. The first kappa shape index (κ1) is 9.67. The molecule has 2 N–H and O–H groups in total. The number of hydrogen-bond acceptors (Lipinski definition) is 4. The molecule has 0 aliphatic carbocycles. The molecule has 15 heavy (non-hydrogen) atoms. The third-order valence-corrected chi connectivity index (χ3v) is 2.03. The maximum atomic E-state index is 9.28. The summed E-state index contributed by atoms with van der Waals surface area (Å²) >= 11 is 0. The van der Waals surface area contributed by atoms with Crippen LogP contribution in [0.2, 0.25) is 0 Å². The van der Waals surface area contributed by atoms with Gasteiger partial charge in [-0.2, -0.15) is 0 Å². The molecule has 1 aromatic heterocycles. The first-order valence-electron chi connectivity index (χ1n) is 4.56. The van der Waals surface area contributed by atoms with E-state index in [-0.39, 0.29) is 5.75 Å². The summed E-state index contributed by atoms with van der Waals surface area (Å²) in [6, 6.07) is 6.66. The molecule has 5 nitrogen and oxygen atoms in total. The van der Waals surface area contributed by atoms with E-state index >= 15 is 0 Å². The Morgan fingerprint density at radius 1 is 1.40 bits per heavy atom. The predicted octanol–water partition coefficient (Wildman–Crippen LogP) is 1.03. The van der Waals surface area contributed by atoms with Gasteiger partial charge >= 0.3 is 0 Å². The Kier molecular flexibility index (Phi) is 2.39. The summed E-state index contributed by atoms with van der Waals surface area (Å²) in [5.41, 5.74) is 1.20. The van der Waals surface area contributed by atoms with Crippen molar-refractivity contribution in [2.24, 2.45) is 0 Å². The van der Waals surface area contributed by atoms with E-state index in [1.54, 1.807) is 37.4 Å². The molecule has 0 amide bonds. The van der Waals surface area contributed by atoms with Crippen LogP contribution in [0.25, 0.3) is 5.69 Å². The Morgan fingerprint density at radius 3 is 2.80 bits per heavy atom. The Bertz CT molecular complexity index is 465. The van der Waals surface area contributed by atoms with E-state index in [0.29, 0.717) is 11.4 Å². The molecule has 0 fully saturated rings. The SMILES string of the molecule is CC(O)c1cn(-c2cccc(O)c2)nn1. The monoisotopic (exact) mass is 205 g/mol. The first-order chi connectivity index (χ1) is 7.16. The summed E-state index contributed by atoms with van der Waals surface area (Å²) in [7, 11) is 0. The molecule has 0 bridgehead atoms. The van der Waals surface area contributed by atoms with E-state index in [1.807, 2.05) is 0 Å². The lowest BCUT2D eigenvalue weighted by atomic mass is 10.3. The molecule has 1 unspecified atom stereocenters. The van der Waals surface area contributed by atoms with Gasteiger partial charge in [-0.05, 0) is 19.1 Å². The van der Waals surface area contributed by atoms with E-state index in [0.717, 1.165) is 0 Å². The molecule has 5 heteroatoms. The number of aliphatic hydroxyl groups is 1. The van der Waals surface area contributed by atoms with E-state index in [1.165, 1.54) is 4.68 Å². The maximum Gasteiger partial charge on any atom is 0.117 e. The summed E-state index contributed by atoms with van der Waals surface area (Å²) in [4.78, 5) is 0. The largest absolute Gasteiger partial charge is 0.508 e. The fraction of sp³-hybridized carbons (Fsp3) is 0.200. The number of benzene rings is 1. The Morgan fingerprint density at radius 2 is 2.20 bits per heavy atom. The maximum absolute atomic E-state index is 9.28. The van der Waals surface area contributed by atoms with Crippen molar-refractivity contribution in [1.29, 1.82) is 0 Å². The van der Waals surface area contributed by atoms with Crippen molar-refractivity contribution in [1.82, 2.24) is 15.0 Å². The number of aromatic nitrogens is 3. The quantitative estimate of drug-likeness (QED) is 0.768. The summed E-state index contributed by atoms with van der Waals surface area (Å²) in [5, 5.41) is 26.2. The van der Waals surface area contributed by atoms with Crippen LogP contribution < -0.4 is 0 Å². The molecule has 0 saturated heterocycles. The molecular formula is C10H11N3O2. The molecule has 0 aliphatic rings. The van der Waals surface area contributed by atoms with Crippen molar-refractivity contribution in [2.45, 2.75) is 13.0 Å². The van der Waals surface area contributed by atoms with Crippen LogP contribution in [0.3, 0.4) is 0 Å². The van der Waals surface area contributed by atoms with Crippen molar-refractivity contribution >= 4 is 0 Å². The summed E-state index contributed by atoms with van der Waals surface area (Å²) in [6.07, 6.45) is 0.982. The smallest absolute Gasteiger partial charge is 0.117 e. The lowest BCUT2D eigenvalue weighted by Gasteiger charge is -1.99. The standard InChI is InChI=1S/C10H11N3O2/c1-7(14)10-6-13(12-11-10)8-3-2-4-9(15)5-8/h2-7,14-15H,1H3. The van der Waals surface area contributed by atoms with Gasteiger partial charge in [-0.25, -0.2) is 4.68 Å². The molecule has 0 spiro atoms. The van der Waals surface area contributed by atoms with Crippen molar-refractivity contribution in [3.63, 3.8) is 0 Å². The van der Waals surface area contributed by atoms with Crippen molar-refractivity contribution < 1.29 is 10.2 Å². The average Bonchev–Trinajstić information content (AvgIpc) is 2.66. The molecule has 1 atom stereocenters. The minimum Gasteiger partial charge on any atom is -0.508 e. The Labute approximate surface area is 86.6 Å². The van der Waals surface area contributed by atoms with Gasteiger partial charge in [0.25, 0.3) is 0 Å². The van der Waals surface area contributed by atoms with Crippen LogP contribution in [0.5, 0.6) is 5.75 Å². The molecule has 0 radical (unpaired) electrons. The van der Waals surface area contributed by atoms with Gasteiger partial charge < -0.3 is 10.2 Å². The number of phenols is 1. The summed E-state index contributed by atoms with van der Waals surface area (Å²) in [5.74, 6) is 0.168. The van der Waals surface area contributed by atoms with Gasteiger partial charge in [0.15, 0.2) is 0 Å². The van der Waals surface area contributed by atoms with Gasteiger partial charge in [0, 0.05) is 6.07 Å². The Balaban J connectivity index is 2.37. The normalized spacial score (nSPS) is 12.7. The van der Waals surface area contributed by atoms with Gasteiger partial charge in [-0.1, -0.05) is 11.3 Å². The van der Waals surface area contributed by atoms with E-state index in [4.69, 9.17) is 0 Å². The molecule has 1 aromatic carbocycles. The summed E-state index contributed by atoms with van der Waals surface area (Å²) in [6.45, 7) is 1.62. The third-order valence-electron chi connectivity index (χ3n) is 2.03. The molecule has 0 saturated carbocycles. The minimum atomic E-state index is -0.643. The van der Waals surface area contributed by atoms with Gasteiger partial charge in [-0.15, -0.1) is 5.10 Å². The second-order valence-corrected chi connectivity index (χ2v) is 3.28.